The summed E-state index contributed by atoms with van der Waals surface area (Å²) in [5.41, 5.74) is 0.334. The van der Waals surface area contributed by atoms with E-state index in [9.17, 15) is 24.2 Å². The van der Waals surface area contributed by atoms with Gasteiger partial charge in [0, 0.05) is 12.6 Å². The van der Waals surface area contributed by atoms with Gasteiger partial charge in [0.2, 0.25) is 0 Å². The molecular formula is C23H25FN2O5. The molecule has 3 rings (SSSR count). The molecule has 1 aliphatic rings. The lowest BCUT2D eigenvalue weighted by molar-refractivity contribution is -0.139. The summed E-state index contributed by atoms with van der Waals surface area (Å²) in [5.74, 6) is -2.49. The summed E-state index contributed by atoms with van der Waals surface area (Å²) in [7, 11) is 5.23. The molecule has 1 amide bonds. The van der Waals surface area contributed by atoms with Gasteiger partial charge in [-0.25, -0.2) is 4.39 Å². The van der Waals surface area contributed by atoms with Crippen LogP contribution in [0.25, 0.3) is 5.76 Å². The molecule has 164 valence electrons. The predicted molar refractivity (Wildman–Crippen MR) is 113 cm³/mol. The smallest absolute Gasteiger partial charge is 0.295 e. The highest BCUT2D eigenvalue weighted by atomic mass is 19.1. The van der Waals surface area contributed by atoms with E-state index in [4.69, 9.17) is 4.74 Å². The first-order chi connectivity index (χ1) is 14.7. The van der Waals surface area contributed by atoms with E-state index in [-0.39, 0.29) is 23.4 Å². The van der Waals surface area contributed by atoms with Crippen LogP contribution in [0.5, 0.6) is 11.5 Å². The van der Waals surface area contributed by atoms with Crippen LogP contribution in [0.4, 0.5) is 4.39 Å². The molecule has 2 aromatic carbocycles. The largest absolute Gasteiger partial charge is 0.507 e. The lowest BCUT2D eigenvalue weighted by atomic mass is 9.95. The molecule has 0 radical (unpaired) electrons. The number of ether oxygens (including phenoxy) is 1. The van der Waals surface area contributed by atoms with Crippen LogP contribution in [0.3, 0.4) is 0 Å². The van der Waals surface area contributed by atoms with Gasteiger partial charge in [0.25, 0.3) is 11.7 Å². The van der Waals surface area contributed by atoms with Gasteiger partial charge in [-0.1, -0.05) is 12.1 Å². The molecule has 1 atom stereocenters. The van der Waals surface area contributed by atoms with E-state index in [1.165, 1.54) is 54.5 Å². The van der Waals surface area contributed by atoms with Gasteiger partial charge >= 0.3 is 0 Å². The fourth-order valence-corrected chi connectivity index (χ4v) is 3.64. The maximum atomic E-state index is 13.5. The first-order valence-corrected chi connectivity index (χ1v) is 9.80. The number of aromatic hydroxyl groups is 1. The van der Waals surface area contributed by atoms with Crippen LogP contribution in [-0.4, -0.2) is 66.0 Å². The monoisotopic (exact) mass is 428 g/mol. The number of rotatable bonds is 7. The van der Waals surface area contributed by atoms with E-state index in [0.29, 0.717) is 24.3 Å². The number of benzene rings is 2. The molecule has 7 nitrogen and oxygen atoms in total. The first kappa shape index (κ1) is 22.3. The fraction of sp³-hybridized carbons (Fsp3) is 0.304. The van der Waals surface area contributed by atoms with Gasteiger partial charge in [-0.15, -0.1) is 0 Å². The minimum atomic E-state index is -0.899. The van der Waals surface area contributed by atoms with Crippen molar-refractivity contribution in [3.8, 4) is 11.5 Å². The quantitative estimate of drug-likeness (QED) is 0.400. The van der Waals surface area contributed by atoms with Crippen LogP contribution < -0.4 is 4.74 Å². The van der Waals surface area contributed by atoms with Gasteiger partial charge in [0.15, 0.2) is 0 Å². The highest BCUT2D eigenvalue weighted by Crippen LogP contribution is 2.41. The van der Waals surface area contributed by atoms with Crippen molar-refractivity contribution in [1.82, 2.24) is 9.80 Å². The Kier molecular flexibility index (Phi) is 6.60. The van der Waals surface area contributed by atoms with Crippen molar-refractivity contribution in [2.45, 2.75) is 12.5 Å². The van der Waals surface area contributed by atoms with E-state index < -0.39 is 29.3 Å². The predicted octanol–water partition coefficient (Wildman–Crippen LogP) is 2.91. The SMILES string of the molecule is COc1ccc(C(O)=C2C(=O)C(=O)N(CCCN(C)C)[C@H]2c2ccc(F)cc2)c(O)c1. The van der Waals surface area contributed by atoms with Crippen molar-refractivity contribution in [1.29, 1.82) is 0 Å². The van der Waals surface area contributed by atoms with Gasteiger partial charge in [0.1, 0.15) is 23.1 Å². The molecule has 1 saturated heterocycles. The topological polar surface area (TPSA) is 90.3 Å². The first-order valence-electron chi connectivity index (χ1n) is 9.80. The van der Waals surface area contributed by atoms with E-state index in [1.54, 1.807) is 0 Å². The van der Waals surface area contributed by atoms with Gasteiger partial charge in [0.05, 0.1) is 24.3 Å². The molecule has 0 aliphatic carbocycles. The fourth-order valence-electron chi connectivity index (χ4n) is 3.64. The maximum absolute atomic E-state index is 13.5. The standard InChI is InChI=1S/C23H25FN2O5/c1-25(2)11-4-12-26-20(14-5-7-15(24)8-6-14)19(22(29)23(26)30)21(28)17-10-9-16(31-3)13-18(17)27/h5-10,13,20,27-28H,4,11-12H2,1-3H3/t20-/m0/s1. The molecule has 0 unspecified atom stereocenters. The number of hydrogen-bond donors (Lipinski definition) is 2. The number of hydrogen-bond acceptors (Lipinski definition) is 6. The Labute approximate surface area is 180 Å². The number of amides is 1. The average Bonchev–Trinajstić information content (AvgIpc) is 2.98. The summed E-state index contributed by atoms with van der Waals surface area (Å²) in [4.78, 5) is 29.1. The zero-order valence-corrected chi connectivity index (χ0v) is 17.6. The molecule has 31 heavy (non-hydrogen) atoms. The molecule has 8 heteroatoms. The van der Waals surface area contributed by atoms with Gasteiger partial charge in [-0.2, -0.15) is 0 Å². The number of carbonyl (C=O) groups excluding carboxylic acids is 2. The zero-order valence-electron chi connectivity index (χ0n) is 17.6. The molecular weight excluding hydrogens is 403 g/mol. The summed E-state index contributed by atoms with van der Waals surface area (Å²) >= 11 is 0. The molecule has 0 bridgehead atoms. The van der Waals surface area contributed by atoms with Gasteiger partial charge in [-0.05, 0) is 56.9 Å². The van der Waals surface area contributed by atoms with Gasteiger partial charge in [-0.3, -0.25) is 9.59 Å². The van der Waals surface area contributed by atoms with Crippen molar-refractivity contribution < 1.29 is 28.9 Å². The molecule has 1 heterocycles. The minimum absolute atomic E-state index is 0.000738. The van der Waals surface area contributed by atoms with Crippen molar-refractivity contribution in [2.75, 3.05) is 34.3 Å². The highest BCUT2D eigenvalue weighted by molar-refractivity contribution is 6.46. The lowest BCUT2D eigenvalue weighted by Gasteiger charge is -2.26. The van der Waals surface area contributed by atoms with Crippen LogP contribution in [-0.2, 0) is 9.59 Å². The van der Waals surface area contributed by atoms with E-state index >= 15 is 0 Å². The number of Topliss-reactive ketones (excluding diaryl/α,β-unsaturated/α-hetero) is 1. The normalized spacial score (nSPS) is 18.1. The molecule has 0 saturated carbocycles. The Balaban J connectivity index is 2.11. The second-order valence-corrected chi connectivity index (χ2v) is 7.58. The second kappa shape index (κ2) is 9.18. The number of aliphatic hydroxyl groups excluding tert-OH is 1. The number of methoxy groups -OCH3 is 1. The molecule has 2 N–H and O–H groups in total. The Morgan fingerprint density at radius 1 is 1.16 bits per heavy atom. The van der Waals surface area contributed by atoms with Crippen LogP contribution in [0.2, 0.25) is 0 Å². The minimum Gasteiger partial charge on any atom is -0.507 e. The van der Waals surface area contributed by atoms with E-state index in [0.717, 1.165) is 0 Å². The van der Waals surface area contributed by atoms with Crippen molar-refractivity contribution in [3.05, 3.63) is 65.0 Å². The van der Waals surface area contributed by atoms with Crippen LogP contribution in [0.1, 0.15) is 23.6 Å². The van der Waals surface area contributed by atoms with Crippen molar-refractivity contribution in [3.63, 3.8) is 0 Å². The third kappa shape index (κ3) is 4.54. The number of ketones is 1. The number of aliphatic hydroxyl groups is 1. The summed E-state index contributed by atoms with van der Waals surface area (Å²) in [6.07, 6.45) is 0.603. The number of likely N-dealkylation sites (tertiary alicyclic amines) is 1. The Hall–Kier alpha value is -3.39. The van der Waals surface area contributed by atoms with Crippen molar-refractivity contribution in [2.24, 2.45) is 0 Å². The Morgan fingerprint density at radius 2 is 1.84 bits per heavy atom. The van der Waals surface area contributed by atoms with Crippen LogP contribution >= 0.6 is 0 Å². The third-order valence-electron chi connectivity index (χ3n) is 5.19. The zero-order chi connectivity index (χ0) is 22.7. The molecule has 0 aromatic heterocycles. The van der Waals surface area contributed by atoms with Crippen molar-refractivity contribution >= 4 is 17.4 Å². The summed E-state index contributed by atoms with van der Waals surface area (Å²) in [6.45, 7) is 0.967. The second-order valence-electron chi connectivity index (χ2n) is 7.58. The third-order valence-corrected chi connectivity index (χ3v) is 5.19. The van der Waals surface area contributed by atoms with Gasteiger partial charge < -0.3 is 24.7 Å². The maximum Gasteiger partial charge on any atom is 0.295 e. The van der Waals surface area contributed by atoms with Crippen LogP contribution in [0.15, 0.2) is 48.0 Å². The summed E-state index contributed by atoms with van der Waals surface area (Å²) in [5, 5.41) is 21.3. The lowest BCUT2D eigenvalue weighted by Crippen LogP contribution is -2.32. The molecule has 0 spiro atoms. The summed E-state index contributed by atoms with van der Waals surface area (Å²) in [6, 6.07) is 8.76. The number of phenolic OH excluding ortho intramolecular Hbond substituents is 1. The molecule has 2 aromatic rings. The number of carbonyl (C=O) groups is 2. The van der Waals surface area contributed by atoms with E-state index in [1.807, 2.05) is 19.0 Å². The molecule has 1 aliphatic heterocycles. The number of halogens is 1. The van der Waals surface area contributed by atoms with E-state index in [2.05, 4.69) is 0 Å². The number of phenols is 1. The summed E-state index contributed by atoms with van der Waals surface area (Å²) < 4.78 is 18.6. The highest BCUT2D eigenvalue weighted by Gasteiger charge is 2.46. The number of nitrogens with zero attached hydrogens (tertiary/aromatic N) is 2. The Bertz CT molecular complexity index is 1020. The Morgan fingerprint density at radius 3 is 2.42 bits per heavy atom. The molecule has 1 fully saturated rings. The van der Waals surface area contributed by atoms with Crippen LogP contribution in [0, 0.1) is 5.82 Å². The average molecular weight is 428 g/mol.